The van der Waals surface area contributed by atoms with Crippen LogP contribution in [0.4, 0.5) is 5.69 Å². The lowest BCUT2D eigenvalue weighted by atomic mass is 10.1. The Balaban J connectivity index is 1.47. The summed E-state index contributed by atoms with van der Waals surface area (Å²) in [5, 5.41) is 8.01. The van der Waals surface area contributed by atoms with Crippen LogP contribution in [0.5, 0.6) is 0 Å². The van der Waals surface area contributed by atoms with E-state index in [0.29, 0.717) is 50.5 Å². The molecule has 2 aromatic rings. The summed E-state index contributed by atoms with van der Waals surface area (Å²) in [4.78, 5) is 39.2. The number of nitrogens with zero attached hydrogens (tertiary/aromatic N) is 1. The molecule has 0 aromatic heterocycles. The van der Waals surface area contributed by atoms with Gasteiger partial charge in [0.1, 0.15) is 0 Å². The lowest BCUT2D eigenvalue weighted by Gasteiger charge is -2.26. The molecule has 31 heavy (non-hydrogen) atoms. The number of benzene rings is 2. The van der Waals surface area contributed by atoms with Crippen LogP contribution in [0.3, 0.4) is 0 Å². The van der Waals surface area contributed by atoms with Gasteiger partial charge in [-0.15, -0.1) is 0 Å². The number of morpholine rings is 1. The highest BCUT2D eigenvalue weighted by Gasteiger charge is 2.18. The molecule has 1 aliphatic rings. The molecule has 0 saturated carbocycles. The fourth-order valence-corrected chi connectivity index (χ4v) is 3.26. The van der Waals surface area contributed by atoms with E-state index < -0.39 is 11.8 Å². The highest BCUT2D eigenvalue weighted by molar-refractivity contribution is 6.40. The molecule has 1 aliphatic heterocycles. The molecule has 8 heteroatoms. The summed E-state index contributed by atoms with van der Waals surface area (Å²) in [5.74, 6) is -1.83. The zero-order chi connectivity index (χ0) is 21.9. The summed E-state index contributed by atoms with van der Waals surface area (Å²) < 4.78 is 5.28. The minimum Gasteiger partial charge on any atom is -0.379 e. The molecular formula is C23H28N4O4. The molecule has 0 atom stereocenters. The van der Waals surface area contributed by atoms with Crippen LogP contribution in [-0.2, 0) is 20.7 Å². The van der Waals surface area contributed by atoms with Gasteiger partial charge in [-0.3, -0.25) is 19.3 Å². The highest BCUT2D eigenvalue weighted by atomic mass is 16.5. The van der Waals surface area contributed by atoms with Gasteiger partial charge in [0.2, 0.25) is 0 Å². The maximum atomic E-state index is 12.6. The van der Waals surface area contributed by atoms with Gasteiger partial charge in [0.05, 0.1) is 24.5 Å². The maximum absolute atomic E-state index is 12.6. The number of para-hydroxylation sites is 1. The summed E-state index contributed by atoms with van der Waals surface area (Å²) in [6.07, 6.45) is 0.701. The predicted octanol–water partition coefficient (Wildman–Crippen LogP) is 1.05. The Kier molecular flexibility index (Phi) is 8.57. The third-order valence-electron chi connectivity index (χ3n) is 4.99. The summed E-state index contributed by atoms with van der Waals surface area (Å²) in [5.41, 5.74) is 1.73. The largest absolute Gasteiger partial charge is 0.379 e. The number of amides is 3. The third kappa shape index (κ3) is 7.20. The number of rotatable bonds is 8. The molecule has 3 amide bonds. The van der Waals surface area contributed by atoms with Gasteiger partial charge in [-0.2, -0.15) is 0 Å². The first kappa shape index (κ1) is 22.5. The second-order valence-electron chi connectivity index (χ2n) is 7.20. The van der Waals surface area contributed by atoms with Gasteiger partial charge in [-0.05, 0) is 24.1 Å². The van der Waals surface area contributed by atoms with Crippen LogP contribution < -0.4 is 16.0 Å². The van der Waals surface area contributed by atoms with E-state index >= 15 is 0 Å². The van der Waals surface area contributed by atoms with Crippen molar-refractivity contribution in [3.05, 3.63) is 65.7 Å². The number of carbonyl (C=O) groups excluding carboxylic acids is 3. The smallest absolute Gasteiger partial charge is 0.313 e. The van der Waals surface area contributed by atoms with Crippen LogP contribution in [0, 0.1) is 0 Å². The van der Waals surface area contributed by atoms with Crippen LogP contribution in [0.1, 0.15) is 15.9 Å². The summed E-state index contributed by atoms with van der Waals surface area (Å²) >= 11 is 0. The number of anilines is 1. The molecule has 164 valence electrons. The molecule has 1 heterocycles. The fraction of sp³-hybridized carbons (Fsp3) is 0.348. The second-order valence-corrected chi connectivity index (χ2v) is 7.20. The van der Waals surface area contributed by atoms with Crippen LogP contribution in [0.15, 0.2) is 54.6 Å². The van der Waals surface area contributed by atoms with Gasteiger partial charge >= 0.3 is 11.8 Å². The highest BCUT2D eigenvalue weighted by Crippen LogP contribution is 2.15. The van der Waals surface area contributed by atoms with Crippen molar-refractivity contribution < 1.29 is 19.1 Å². The van der Waals surface area contributed by atoms with E-state index in [9.17, 15) is 14.4 Å². The first-order valence-electron chi connectivity index (χ1n) is 10.4. The quantitative estimate of drug-likeness (QED) is 0.550. The molecule has 0 unspecified atom stereocenters. The molecule has 8 nitrogen and oxygen atoms in total. The summed E-state index contributed by atoms with van der Waals surface area (Å²) in [7, 11) is 0. The SMILES string of the molecule is O=C(NCCN1CCOCC1)C(=O)Nc1ccccc1C(=O)NCCc1ccccc1. The van der Waals surface area contributed by atoms with Gasteiger partial charge in [-0.1, -0.05) is 42.5 Å². The molecule has 1 fully saturated rings. The van der Waals surface area contributed by atoms with Gasteiger partial charge in [-0.25, -0.2) is 0 Å². The van der Waals surface area contributed by atoms with Crippen molar-refractivity contribution in [1.82, 2.24) is 15.5 Å². The van der Waals surface area contributed by atoms with E-state index in [1.54, 1.807) is 24.3 Å². The van der Waals surface area contributed by atoms with Gasteiger partial charge in [0.15, 0.2) is 0 Å². The zero-order valence-corrected chi connectivity index (χ0v) is 17.4. The van der Waals surface area contributed by atoms with Crippen molar-refractivity contribution in [3.8, 4) is 0 Å². The lowest BCUT2D eigenvalue weighted by Crippen LogP contribution is -2.43. The van der Waals surface area contributed by atoms with E-state index in [1.165, 1.54) is 0 Å². The second kappa shape index (κ2) is 11.8. The Morgan fingerprint density at radius 1 is 0.839 bits per heavy atom. The normalized spacial score (nSPS) is 13.9. The molecule has 0 spiro atoms. The number of nitrogens with one attached hydrogen (secondary N) is 3. The first-order valence-corrected chi connectivity index (χ1v) is 10.4. The molecule has 2 aromatic carbocycles. The number of hydrogen-bond donors (Lipinski definition) is 3. The Morgan fingerprint density at radius 2 is 1.55 bits per heavy atom. The fourth-order valence-electron chi connectivity index (χ4n) is 3.26. The van der Waals surface area contributed by atoms with Crippen molar-refractivity contribution >= 4 is 23.4 Å². The molecule has 0 aliphatic carbocycles. The average molecular weight is 425 g/mol. The van der Waals surface area contributed by atoms with E-state index in [-0.39, 0.29) is 5.91 Å². The number of ether oxygens (including phenoxy) is 1. The summed E-state index contributed by atoms with van der Waals surface area (Å²) in [6, 6.07) is 16.5. The van der Waals surface area contributed by atoms with Crippen molar-refractivity contribution in [3.63, 3.8) is 0 Å². The van der Waals surface area contributed by atoms with Gasteiger partial charge in [0.25, 0.3) is 5.91 Å². The van der Waals surface area contributed by atoms with Crippen molar-refractivity contribution in [2.45, 2.75) is 6.42 Å². The topological polar surface area (TPSA) is 99.8 Å². The van der Waals surface area contributed by atoms with Crippen molar-refractivity contribution in [2.75, 3.05) is 51.3 Å². The van der Waals surface area contributed by atoms with Gasteiger partial charge in [0, 0.05) is 32.7 Å². The van der Waals surface area contributed by atoms with Crippen LogP contribution in [0.25, 0.3) is 0 Å². The Bertz CT molecular complexity index is 882. The molecule has 1 saturated heterocycles. The van der Waals surface area contributed by atoms with E-state index in [4.69, 9.17) is 4.74 Å². The van der Waals surface area contributed by atoms with E-state index in [0.717, 1.165) is 18.7 Å². The zero-order valence-electron chi connectivity index (χ0n) is 17.4. The minimum atomic E-state index is -0.800. The molecule has 0 radical (unpaired) electrons. The Hall–Kier alpha value is -3.23. The number of carbonyl (C=O) groups is 3. The predicted molar refractivity (Wildman–Crippen MR) is 118 cm³/mol. The number of hydrogen-bond acceptors (Lipinski definition) is 5. The van der Waals surface area contributed by atoms with E-state index in [1.807, 2.05) is 30.3 Å². The van der Waals surface area contributed by atoms with Crippen LogP contribution >= 0.6 is 0 Å². The van der Waals surface area contributed by atoms with Crippen molar-refractivity contribution in [2.24, 2.45) is 0 Å². The lowest BCUT2D eigenvalue weighted by molar-refractivity contribution is -0.136. The Labute approximate surface area is 182 Å². The van der Waals surface area contributed by atoms with Crippen molar-refractivity contribution in [1.29, 1.82) is 0 Å². The summed E-state index contributed by atoms with van der Waals surface area (Å²) in [6.45, 7) is 4.48. The first-order chi connectivity index (χ1) is 15.1. The maximum Gasteiger partial charge on any atom is 0.313 e. The van der Waals surface area contributed by atoms with E-state index in [2.05, 4.69) is 20.9 Å². The molecular weight excluding hydrogens is 396 g/mol. The molecule has 3 N–H and O–H groups in total. The standard InChI is InChI=1S/C23H28N4O4/c28-21(24-11-10-18-6-2-1-3-7-18)19-8-4-5-9-20(19)26-23(30)22(29)25-12-13-27-14-16-31-17-15-27/h1-9H,10-17H2,(H,24,28)(H,25,29)(H,26,30). The van der Waals surface area contributed by atoms with Crippen LogP contribution in [-0.4, -0.2) is 68.6 Å². The monoisotopic (exact) mass is 424 g/mol. The third-order valence-corrected chi connectivity index (χ3v) is 4.99. The minimum absolute atomic E-state index is 0.299. The molecule has 0 bridgehead atoms. The van der Waals surface area contributed by atoms with Gasteiger partial charge < -0.3 is 20.7 Å². The molecule has 3 rings (SSSR count). The average Bonchev–Trinajstić information content (AvgIpc) is 2.80. The Morgan fingerprint density at radius 3 is 2.32 bits per heavy atom. The van der Waals surface area contributed by atoms with Crippen LogP contribution in [0.2, 0.25) is 0 Å².